The lowest BCUT2D eigenvalue weighted by Gasteiger charge is -2.29. The summed E-state index contributed by atoms with van der Waals surface area (Å²) in [6, 6.07) is 0.775. The molecular weight excluding hydrogens is 216 g/mol. The molecule has 3 heteroatoms. The van der Waals surface area contributed by atoms with Crippen LogP contribution in [0.1, 0.15) is 39.0 Å². The molecular formula is C13H26N2S. The van der Waals surface area contributed by atoms with Gasteiger partial charge in [-0.15, -0.1) is 0 Å². The summed E-state index contributed by atoms with van der Waals surface area (Å²) in [5.41, 5.74) is 0. The predicted octanol–water partition coefficient (Wildman–Crippen LogP) is 2.35. The average Bonchev–Trinajstić information content (AvgIpc) is 2.79. The molecule has 0 aromatic carbocycles. The molecule has 2 aliphatic rings. The molecule has 16 heavy (non-hydrogen) atoms. The summed E-state index contributed by atoms with van der Waals surface area (Å²) < 4.78 is 0. The molecule has 94 valence electrons. The molecule has 0 aromatic heterocycles. The molecule has 0 aromatic rings. The van der Waals surface area contributed by atoms with Crippen LogP contribution in [0.3, 0.4) is 0 Å². The van der Waals surface area contributed by atoms with Gasteiger partial charge in [-0.1, -0.05) is 6.92 Å². The fraction of sp³-hybridized carbons (Fsp3) is 1.00. The lowest BCUT2D eigenvalue weighted by Crippen LogP contribution is -2.40. The Bertz CT molecular complexity index is 192. The Morgan fingerprint density at radius 2 is 2.06 bits per heavy atom. The first-order valence-corrected chi connectivity index (χ1v) is 7.98. The summed E-state index contributed by atoms with van der Waals surface area (Å²) in [4.78, 5) is 2.61. The third-order valence-electron chi connectivity index (χ3n) is 3.86. The Hall–Kier alpha value is 0.270. The van der Waals surface area contributed by atoms with Crippen molar-refractivity contribution in [1.82, 2.24) is 10.2 Å². The van der Waals surface area contributed by atoms with E-state index < -0.39 is 0 Å². The minimum absolute atomic E-state index is 0.775. The Kier molecular flexibility index (Phi) is 5.46. The molecule has 0 amide bonds. The lowest BCUT2D eigenvalue weighted by molar-refractivity contribution is 0.325. The van der Waals surface area contributed by atoms with Gasteiger partial charge >= 0.3 is 0 Å². The van der Waals surface area contributed by atoms with Gasteiger partial charge in [0.15, 0.2) is 0 Å². The van der Waals surface area contributed by atoms with Gasteiger partial charge in [-0.2, -0.15) is 11.8 Å². The van der Waals surface area contributed by atoms with E-state index in [0.29, 0.717) is 0 Å². The van der Waals surface area contributed by atoms with E-state index in [-0.39, 0.29) is 0 Å². The number of hydrogen-bond acceptors (Lipinski definition) is 3. The Balaban J connectivity index is 1.53. The van der Waals surface area contributed by atoms with Crippen molar-refractivity contribution in [2.24, 2.45) is 0 Å². The quantitative estimate of drug-likeness (QED) is 0.745. The number of nitrogens with zero attached hydrogens (tertiary/aromatic N) is 1. The first-order chi connectivity index (χ1) is 7.86. The van der Waals surface area contributed by atoms with Crippen LogP contribution in [0, 0.1) is 0 Å². The molecule has 0 spiro atoms. The van der Waals surface area contributed by atoms with Crippen LogP contribution < -0.4 is 5.32 Å². The standard InChI is InChI=1S/C13H26N2S/c1-12-13(6-4-11-16-12)14-7-5-10-15-8-2-3-9-15/h12-14H,2-11H2,1H3. The minimum Gasteiger partial charge on any atom is -0.313 e. The highest BCUT2D eigenvalue weighted by molar-refractivity contribution is 7.99. The summed E-state index contributed by atoms with van der Waals surface area (Å²) in [6.45, 7) is 7.58. The zero-order valence-electron chi connectivity index (χ0n) is 10.6. The molecule has 2 saturated heterocycles. The largest absolute Gasteiger partial charge is 0.313 e. The summed E-state index contributed by atoms with van der Waals surface area (Å²) in [7, 11) is 0. The van der Waals surface area contributed by atoms with Gasteiger partial charge in [0.05, 0.1) is 0 Å². The Morgan fingerprint density at radius 1 is 1.25 bits per heavy atom. The van der Waals surface area contributed by atoms with E-state index in [9.17, 15) is 0 Å². The van der Waals surface area contributed by atoms with Gasteiger partial charge in [0.2, 0.25) is 0 Å². The molecule has 2 atom stereocenters. The number of thioether (sulfide) groups is 1. The summed E-state index contributed by atoms with van der Waals surface area (Å²) in [5, 5.41) is 4.57. The maximum Gasteiger partial charge on any atom is 0.0184 e. The maximum atomic E-state index is 3.75. The molecule has 0 bridgehead atoms. The van der Waals surface area contributed by atoms with Crippen LogP contribution >= 0.6 is 11.8 Å². The van der Waals surface area contributed by atoms with Gasteiger partial charge in [0, 0.05) is 11.3 Å². The molecule has 2 heterocycles. The fourth-order valence-corrected chi connectivity index (χ4v) is 3.96. The van der Waals surface area contributed by atoms with Crippen LogP contribution in [0.4, 0.5) is 0 Å². The fourth-order valence-electron chi connectivity index (χ4n) is 2.79. The van der Waals surface area contributed by atoms with Gasteiger partial charge in [-0.25, -0.2) is 0 Å². The van der Waals surface area contributed by atoms with E-state index in [1.54, 1.807) is 0 Å². The lowest BCUT2D eigenvalue weighted by atomic mass is 10.1. The molecule has 0 aliphatic carbocycles. The number of likely N-dealkylation sites (tertiary alicyclic amines) is 1. The summed E-state index contributed by atoms with van der Waals surface area (Å²) in [5.74, 6) is 1.37. The molecule has 0 saturated carbocycles. The van der Waals surface area contributed by atoms with E-state index in [4.69, 9.17) is 0 Å². The van der Waals surface area contributed by atoms with E-state index in [1.165, 1.54) is 64.0 Å². The van der Waals surface area contributed by atoms with Crippen molar-refractivity contribution in [2.75, 3.05) is 31.9 Å². The maximum absolute atomic E-state index is 3.75. The first-order valence-electron chi connectivity index (χ1n) is 6.93. The highest BCUT2D eigenvalue weighted by Crippen LogP contribution is 2.24. The van der Waals surface area contributed by atoms with Crippen molar-refractivity contribution in [3.05, 3.63) is 0 Å². The predicted molar refractivity (Wildman–Crippen MR) is 73.2 cm³/mol. The molecule has 2 unspecified atom stereocenters. The van der Waals surface area contributed by atoms with Crippen LogP contribution in [0.5, 0.6) is 0 Å². The van der Waals surface area contributed by atoms with E-state index in [1.807, 2.05) is 0 Å². The molecule has 2 aliphatic heterocycles. The second-order valence-corrected chi connectivity index (χ2v) is 6.67. The third-order valence-corrected chi connectivity index (χ3v) is 5.24. The van der Waals surface area contributed by atoms with Crippen molar-refractivity contribution >= 4 is 11.8 Å². The van der Waals surface area contributed by atoms with Crippen LogP contribution in [0.15, 0.2) is 0 Å². The summed E-state index contributed by atoms with van der Waals surface area (Å²) >= 11 is 2.14. The van der Waals surface area contributed by atoms with Crippen LogP contribution in [-0.4, -0.2) is 48.1 Å². The Labute approximate surface area is 105 Å². The smallest absolute Gasteiger partial charge is 0.0184 e. The molecule has 2 fully saturated rings. The number of rotatable bonds is 5. The van der Waals surface area contributed by atoms with E-state index in [0.717, 1.165) is 11.3 Å². The molecule has 1 N–H and O–H groups in total. The normalized spacial score (nSPS) is 32.1. The Morgan fingerprint density at radius 3 is 2.81 bits per heavy atom. The average molecular weight is 242 g/mol. The van der Waals surface area contributed by atoms with Crippen LogP contribution in [0.2, 0.25) is 0 Å². The minimum atomic E-state index is 0.775. The number of nitrogens with one attached hydrogen (secondary N) is 1. The van der Waals surface area contributed by atoms with Gasteiger partial charge in [-0.3, -0.25) is 0 Å². The van der Waals surface area contributed by atoms with Gasteiger partial charge in [0.25, 0.3) is 0 Å². The summed E-state index contributed by atoms with van der Waals surface area (Å²) in [6.07, 6.45) is 6.96. The second-order valence-electron chi connectivity index (χ2n) is 5.18. The van der Waals surface area contributed by atoms with Crippen molar-refractivity contribution < 1.29 is 0 Å². The molecule has 2 rings (SSSR count). The van der Waals surface area contributed by atoms with Gasteiger partial charge < -0.3 is 10.2 Å². The first kappa shape index (κ1) is 12.7. The number of hydrogen-bond donors (Lipinski definition) is 1. The highest BCUT2D eigenvalue weighted by atomic mass is 32.2. The van der Waals surface area contributed by atoms with E-state index in [2.05, 4.69) is 28.9 Å². The zero-order chi connectivity index (χ0) is 11.2. The second kappa shape index (κ2) is 6.87. The topological polar surface area (TPSA) is 15.3 Å². The zero-order valence-corrected chi connectivity index (χ0v) is 11.4. The molecule has 0 radical (unpaired) electrons. The van der Waals surface area contributed by atoms with Crippen molar-refractivity contribution in [3.63, 3.8) is 0 Å². The van der Waals surface area contributed by atoms with Crippen molar-refractivity contribution in [3.8, 4) is 0 Å². The SMILES string of the molecule is CC1SCCCC1NCCCN1CCCC1. The monoisotopic (exact) mass is 242 g/mol. The third kappa shape index (κ3) is 3.94. The van der Waals surface area contributed by atoms with Gasteiger partial charge in [-0.05, 0) is 64.0 Å². The van der Waals surface area contributed by atoms with E-state index >= 15 is 0 Å². The highest BCUT2D eigenvalue weighted by Gasteiger charge is 2.20. The van der Waals surface area contributed by atoms with Crippen molar-refractivity contribution in [2.45, 2.75) is 50.3 Å². The van der Waals surface area contributed by atoms with Crippen molar-refractivity contribution in [1.29, 1.82) is 0 Å². The van der Waals surface area contributed by atoms with Gasteiger partial charge in [0.1, 0.15) is 0 Å². The van der Waals surface area contributed by atoms with Crippen LogP contribution in [0.25, 0.3) is 0 Å². The molecule has 2 nitrogen and oxygen atoms in total. The van der Waals surface area contributed by atoms with Crippen LogP contribution in [-0.2, 0) is 0 Å².